The summed E-state index contributed by atoms with van der Waals surface area (Å²) in [6, 6.07) is -0.342. The highest BCUT2D eigenvalue weighted by molar-refractivity contribution is 7.13. The average molecular weight is 200 g/mol. The molecule has 0 saturated heterocycles. The Morgan fingerprint density at radius 3 is 3.15 bits per heavy atom. The molecule has 1 rings (SSSR count). The molecule has 72 valence electrons. The minimum atomic E-state index is -0.342. The van der Waals surface area contributed by atoms with E-state index in [-0.39, 0.29) is 12.0 Å². The second-order valence-corrected chi connectivity index (χ2v) is 3.35. The van der Waals surface area contributed by atoms with Gasteiger partial charge in [0.1, 0.15) is 6.04 Å². The van der Waals surface area contributed by atoms with Crippen molar-refractivity contribution in [3.63, 3.8) is 0 Å². The van der Waals surface area contributed by atoms with Gasteiger partial charge in [-0.05, 0) is 13.8 Å². The summed E-state index contributed by atoms with van der Waals surface area (Å²) in [5.41, 5.74) is 0. The highest BCUT2D eigenvalue weighted by Crippen LogP contribution is 2.11. The Bertz CT molecular complexity index is 261. The number of carbonyl (C=O) groups is 1. The zero-order valence-electron chi connectivity index (χ0n) is 7.61. The topological polar surface area (TPSA) is 51.2 Å². The van der Waals surface area contributed by atoms with E-state index in [0.29, 0.717) is 6.61 Å². The summed E-state index contributed by atoms with van der Waals surface area (Å²) in [6.07, 6.45) is 1.69. The maximum Gasteiger partial charge on any atom is 0.328 e. The lowest BCUT2D eigenvalue weighted by Gasteiger charge is -2.10. The zero-order chi connectivity index (χ0) is 9.68. The molecule has 0 aliphatic carbocycles. The second kappa shape index (κ2) is 4.81. The molecule has 1 aromatic heterocycles. The molecular weight excluding hydrogens is 188 g/mol. The number of carbonyl (C=O) groups excluding carboxylic acids is 1. The summed E-state index contributed by atoms with van der Waals surface area (Å²) in [5, 5.41) is 5.52. The minimum absolute atomic E-state index is 0.252. The number of hydrogen-bond acceptors (Lipinski definition) is 5. The standard InChI is InChI=1S/C8H12N2O2S/c1-3-12-7(11)6(2)10-8-9-4-5-13-8/h4-6H,3H2,1-2H3,(H,9,10). The Morgan fingerprint density at radius 2 is 2.62 bits per heavy atom. The molecule has 0 saturated carbocycles. The molecule has 1 heterocycles. The molecule has 1 N–H and O–H groups in total. The van der Waals surface area contributed by atoms with E-state index in [9.17, 15) is 4.79 Å². The van der Waals surface area contributed by atoms with E-state index in [4.69, 9.17) is 4.74 Å². The first kappa shape index (κ1) is 9.98. The fraction of sp³-hybridized carbons (Fsp3) is 0.500. The van der Waals surface area contributed by atoms with Crippen molar-refractivity contribution >= 4 is 22.4 Å². The summed E-state index contributed by atoms with van der Waals surface area (Å²) < 4.78 is 4.83. The van der Waals surface area contributed by atoms with Crippen molar-refractivity contribution in [2.75, 3.05) is 11.9 Å². The number of ether oxygens (including phenoxy) is 1. The van der Waals surface area contributed by atoms with Crippen LogP contribution < -0.4 is 5.32 Å². The first-order valence-electron chi connectivity index (χ1n) is 4.06. The number of rotatable bonds is 4. The van der Waals surface area contributed by atoms with Crippen LogP contribution in [0.15, 0.2) is 11.6 Å². The summed E-state index contributed by atoms with van der Waals surface area (Å²) in [6.45, 7) is 3.94. The Hall–Kier alpha value is -1.10. The largest absolute Gasteiger partial charge is 0.464 e. The van der Waals surface area contributed by atoms with Crippen molar-refractivity contribution in [1.82, 2.24) is 4.98 Å². The van der Waals surface area contributed by atoms with Gasteiger partial charge in [-0.15, -0.1) is 11.3 Å². The maximum atomic E-state index is 11.2. The third-order valence-corrected chi connectivity index (χ3v) is 2.12. The molecule has 1 unspecified atom stereocenters. The van der Waals surface area contributed by atoms with E-state index in [1.165, 1.54) is 11.3 Å². The van der Waals surface area contributed by atoms with Gasteiger partial charge in [0.25, 0.3) is 0 Å². The lowest BCUT2D eigenvalue weighted by Crippen LogP contribution is -2.27. The Kier molecular flexibility index (Phi) is 3.70. The molecule has 0 aromatic carbocycles. The van der Waals surface area contributed by atoms with Crippen LogP contribution in [0, 0.1) is 0 Å². The van der Waals surface area contributed by atoms with Crippen molar-refractivity contribution in [3.8, 4) is 0 Å². The second-order valence-electron chi connectivity index (χ2n) is 2.46. The average Bonchev–Trinajstić information content (AvgIpc) is 2.57. The number of aromatic nitrogens is 1. The molecule has 1 atom stereocenters. The van der Waals surface area contributed by atoms with Crippen LogP contribution in [-0.2, 0) is 9.53 Å². The molecule has 0 radical (unpaired) electrons. The van der Waals surface area contributed by atoms with Crippen LogP contribution in [0.1, 0.15) is 13.8 Å². The van der Waals surface area contributed by atoms with Crippen LogP contribution in [0.25, 0.3) is 0 Å². The molecule has 0 spiro atoms. The smallest absolute Gasteiger partial charge is 0.328 e. The monoisotopic (exact) mass is 200 g/mol. The van der Waals surface area contributed by atoms with Crippen molar-refractivity contribution in [2.45, 2.75) is 19.9 Å². The van der Waals surface area contributed by atoms with Crippen LogP contribution in [0.4, 0.5) is 5.13 Å². The molecular formula is C8H12N2O2S. The van der Waals surface area contributed by atoms with Gasteiger partial charge in [-0.2, -0.15) is 0 Å². The van der Waals surface area contributed by atoms with Gasteiger partial charge in [0.15, 0.2) is 5.13 Å². The predicted octanol–water partition coefficient (Wildman–Crippen LogP) is 1.51. The molecule has 0 amide bonds. The number of nitrogens with zero attached hydrogens (tertiary/aromatic N) is 1. The van der Waals surface area contributed by atoms with E-state index in [1.807, 2.05) is 5.38 Å². The molecule has 13 heavy (non-hydrogen) atoms. The molecule has 0 bridgehead atoms. The van der Waals surface area contributed by atoms with Crippen LogP contribution in [0.3, 0.4) is 0 Å². The van der Waals surface area contributed by atoms with E-state index >= 15 is 0 Å². The lowest BCUT2D eigenvalue weighted by atomic mass is 10.3. The first-order chi connectivity index (χ1) is 6.24. The van der Waals surface area contributed by atoms with E-state index < -0.39 is 0 Å². The molecule has 5 heteroatoms. The lowest BCUT2D eigenvalue weighted by molar-refractivity contribution is -0.143. The number of esters is 1. The van der Waals surface area contributed by atoms with E-state index in [1.54, 1.807) is 20.0 Å². The van der Waals surface area contributed by atoms with Crippen LogP contribution >= 0.6 is 11.3 Å². The minimum Gasteiger partial charge on any atom is -0.464 e. The Morgan fingerprint density at radius 1 is 1.85 bits per heavy atom. The van der Waals surface area contributed by atoms with E-state index in [0.717, 1.165) is 5.13 Å². The van der Waals surface area contributed by atoms with Gasteiger partial charge in [-0.1, -0.05) is 0 Å². The fourth-order valence-electron chi connectivity index (χ4n) is 0.806. The van der Waals surface area contributed by atoms with Gasteiger partial charge < -0.3 is 10.1 Å². The van der Waals surface area contributed by atoms with Gasteiger partial charge in [-0.25, -0.2) is 9.78 Å². The third-order valence-electron chi connectivity index (χ3n) is 1.41. The van der Waals surface area contributed by atoms with Crippen molar-refractivity contribution in [3.05, 3.63) is 11.6 Å². The number of nitrogens with one attached hydrogen (secondary N) is 1. The van der Waals surface area contributed by atoms with Gasteiger partial charge in [0.2, 0.25) is 0 Å². The van der Waals surface area contributed by atoms with Crippen molar-refractivity contribution < 1.29 is 9.53 Å². The Labute approximate surface area is 80.9 Å². The fourth-order valence-corrected chi connectivity index (χ4v) is 1.42. The maximum absolute atomic E-state index is 11.2. The molecule has 1 aromatic rings. The number of thiazole rings is 1. The van der Waals surface area contributed by atoms with Crippen molar-refractivity contribution in [2.24, 2.45) is 0 Å². The van der Waals surface area contributed by atoms with Gasteiger partial charge >= 0.3 is 5.97 Å². The summed E-state index contributed by atoms with van der Waals surface area (Å²) in [4.78, 5) is 15.2. The quantitative estimate of drug-likeness (QED) is 0.748. The number of hydrogen-bond donors (Lipinski definition) is 1. The summed E-state index contributed by atoms with van der Waals surface area (Å²) in [7, 11) is 0. The Balaban J connectivity index is 2.41. The van der Waals surface area contributed by atoms with E-state index in [2.05, 4.69) is 10.3 Å². The van der Waals surface area contributed by atoms with Crippen LogP contribution in [0.5, 0.6) is 0 Å². The van der Waals surface area contributed by atoms with Crippen LogP contribution in [-0.4, -0.2) is 23.6 Å². The highest BCUT2D eigenvalue weighted by atomic mass is 32.1. The summed E-state index contributed by atoms with van der Waals surface area (Å²) in [5.74, 6) is -0.252. The van der Waals surface area contributed by atoms with Gasteiger partial charge in [-0.3, -0.25) is 0 Å². The normalized spacial score (nSPS) is 12.2. The van der Waals surface area contributed by atoms with Gasteiger partial charge in [0.05, 0.1) is 6.61 Å². The molecule has 0 fully saturated rings. The molecule has 0 aliphatic rings. The summed E-state index contributed by atoms with van der Waals surface area (Å²) >= 11 is 1.46. The van der Waals surface area contributed by atoms with Crippen molar-refractivity contribution in [1.29, 1.82) is 0 Å². The molecule has 0 aliphatic heterocycles. The first-order valence-corrected chi connectivity index (χ1v) is 4.94. The predicted molar refractivity (Wildman–Crippen MR) is 51.8 cm³/mol. The van der Waals surface area contributed by atoms with Crippen LogP contribution in [0.2, 0.25) is 0 Å². The zero-order valence-corrected chi connectivity index (χ0v) is 8.43. The highest BCUT2D eigenvalue weighted by Gasteiger charge is 2.13. The third kappa shape index (κ3) is 3.02. The van der Waals surface area contributed by atoms with Gasteiger partial charge in [0, 0.05) is 11.6 Å². The molecule has 4 nitrogen and oxygen atoms in total. The number of anilines is 1. The SMILES string of the molecule is CCOC(=O)C(C)Nc1nccs1.